The monoisotopic (exact) mass is 332 g/mol. The van der Waals surface area contributed by atoms with E-state index < -0.39 is 0 Å². The quantitative estimate of drug-likeness (QED) is 0.556. The Morgan fingerprint density at radius 3 is 2.32 bits per heavy atom. The largest absolute Gasteiger partial charge is 0.381 e. The minimum atomic E-state index is 0. The lowest BCUT2D eigenvalue weighted by atomic mass is 9.95. The van der Waals surface area contributed by atoms with Crippen molar-refractivity contribution in [3.05, 3.63) is 0 Å². The highest BCUT2D eigenvalue weighted by molar-refractivity contribution is 5.85. The minimum Gasteiger partial charge on any atom is -0.381 e. The van der Waals surface area contributed by atoms with Crippen molar-refractivity contribution in [3.63, 3.8) is 0 Å². The van der Waals surface area contributed by atoms with E-state index >= 15 is 0 Å². The number of hydrogen-bond acceptors (Lipinski definition) is 3. The predicted molar refractivity (Wildman–Crippen MR) is 92.5 cm³/mol. The van der Waals surface area contributed by atoms with Gasteiger partial charge in [-0.3, -0.25) is 4.79 Å². The van der Waals surface area contributed by atoms with Gasteiger partial charge < -0.3 is 15.4 Å². The summed E-state index contributed by atoms with van der Waals surface area (Å²) in [5.74, 6) is 0.901. The Morgan fingerprint density at radius 1 is 0.955 bits per heavy atom. The topological polar surface area (TPSA) is 50.4 Å². The molecule has 2 rings (SSSR count). The van der Waals surface area contributed by atoms with E-state index in [2.05, 4.69) is 10.6 Å². The highest BCUT2D eigenvalue weighted by Crippen LogP contribution is 2.19. The highest BCUT2D eigenvalue weighted by Gasteiger charge is 2.15. The summed E-state index contributed by atoms with van der Waals surface area (Å²) in [6.07, 6.45) is 12.0. The van der Waals surface area contributed by atoms with Crippen LogP contribution in [-0.4, -0.2) is 38.3 Å². The van der Waals surface area contributed by atoms with Gasteiger partial charge in [-0.15, -0.1) is 12.4 Å². The molecule has 2 fully saturated rings. The Morgan fingerprint density at radius 2 is 1.64 bits per heavy atom. The Kier molecular flexibility index (Phi) is 10.9. The van der Waals surface area contributed by atoms with Gasteiger partial charge in [-0.25, -0.2) is 0 Å². The van der Waals surface area contributed by atoms with Crippen LogP contribution in [0.25, 0.3) is 0 Å². The molecule has 2 aliphatic rings. The van der Waals surface area contributed by atoms with Crippen molar-refractivity contribution in [1.82, 2.24) is 10.6 Å². The Hall–Kier alpha value is -0.320. The Labute approximate surface area is 141 Å². The molecule has 1 saturated carbocycles. The lowest BCUT2D eigenvalue weighted by Crippen LogP contribution is -2.37. The number of amides is 1. The van der Waals surface area contributed by atoms with Crippen LogP contribution in [0.15, 0.2) is 0 Å². The van der Waals surface area contributed by atoms with Gasteiger partial charge in [0.05, 0.1) is 0 Å². The van der Waals surface area contributed by atoms with E-state index in [1.165, 1.54) is 38.5 Å². The fourth-order valence-electron chi connectivity index (χ4n) is 3.42. The number of halogens is 1. The number of nitrogens with one attached hydrogen (secondary N) is 2. The Balaban J connectivity index is 0.00000242. The van der Waals surface area contributed by atoms with Gasteiger partial charge in [0.15, 0.2) is 0 Å². The second-order valence-electron chi connectivity index (χ2n) is 6.59. The first-order valence-electron chi connectivity index (χ1n) is 8.92. The zero-order valence-corrected chi connectivity index (χ0v) is 14.6. The summed E-state index contributed by atoms with van der Waals surface area (Å²) in [6.45, 7) is 3.42. The summed E-state index contributed by atoms with van der Waals surface area (Å²) in [7, 11) is 0. The zero-order valence-electron chi connectivity index (χ0n) is 13.8. The molecule has 0 aromatic carbocycles. The van der Waals surface area contributed by atoms with Crippen LogP contribution in [0.2, 0.25) is 0 Å². The average Bonchev–Trinajstić information content (AvgIpc) is 2.79. The van der Waals surface area contributed by atoms with Crippen molar-refractivity contribution in [2.24, 2.45) is 5.92 Å². The molecule has 0 aromatic rings. The van der Waals surface area contributed by atoms with E-state index in [0.29, 0.717) is 18.4 Å². The molecule has 1 heterocycles. The number of rotatable bonds is 7. The van der Waals surface area contributed by atoms with Gasteiger partial charge in [0.2, 0.25) is 5.91 Å². The molecule has 130 valence electrons. The third-order valence-corrected chi connectivity index (χ3v) is 4.86. The molecule has 1 amide bonds. The van der Waals surface area contributed by atoms with Gasteiger partial charge in [-0.1, -0.05) is 25.7 Å². The van der Waals surface area contributed by atoms with E-state index in [4.69, 9.17) is 4.74 Å². The van der Waals surface area contributed by atoms with Crippen molar-refractivity contribution in [2.75, 3.05) is 26.3 Å². The van der Waals surface area contributed by atoms with Crippen molar-refractivity contribution < 1.29 is 9.53 Å². The molecule has 0 atom stereocenters. The third-order valence-electron chi connectivity index (χ3n) is 4.86. The Bertz CT molecular complexity index is 288. The van der Waals surface area contributed by atoms with Crippen molar-refractivity contribution in [3.8, 4) is 0 Å². The summed E-state index contributed by atoms with van der Waals surface area (Å²) >= 11 is 0. The van der Waals surface area contributed by atoms with Crippen LogP contribution in [0, 0.1) is 5.92 Å². The summed E-state index contributed by atoms with van der Waals surface area (Å²) in [5, 5.41) is 6.64. The zero-order chi connectivity index (χ0) is 14.8. The van der Waals surface area contributed by atoms with Crippen LogP contribution in [0.1, 0.15) is 64.2 Å². The van der Waals surface area contributed by atoms with Crippen LogP contribution in [-0.2, 0) is 9.53 Å². The molecule has 1 aliphatic carbocycles. The first kappa shape index (κ1) is 19.7. The van der Waals surface area contributed by atoms with Crippen molar-refractivity contribution in [2.45, 2.75) is 70.3 Å². The lowest BCUT2D eigenvalue weighted by Gasteiger charge is -2.21. The first-order valence-corrected chi connectivity index (χ1v) is 8.92. The van der Waals surface area contributed by atoms with Gasteiger partial charge in [0.25, 0.3) is 0 Å². The SMILES string of the molecule is Cl.O=C(CCC1CCOCC1)NCCNC1CCCCCC1. The molecule has 1 saturated heterocycles. The molecule has 2 N–H and O–H groups in total. The molecule has 5 heteroatoms. The fraction of sp³-hybridized carbons (Fsp3) is 0.941. The highest BCUT2D eigenvalue weighted by atomic mass is 35.5. The van der Waals surface area contributed by atoms with E-state index in [0.717, 1.165) is 45.6 Å². The lowest BCUT2D eigenvalue weighted by molar-refractivity contribution is -0.121. The second-order valence-corrected chi connectivity index (χ2v) is 6.59. The van der Waals surface area contributed by atoms with Gasteiger partial charge in [0.1, 0.15) is 0 Å². The van der Waals surface area contributed by atoms with E-state index in [1.54, 1.807) is 0 Å². The maximum atomic E-state index is 11.8. The molecule has 0 unspecified atom stereocenters. The molecule has 4 nitrogen and oxygen atoms in total. The van der Waals surface area contributed by atoms with Crippen LogP contribution in [0.4, 0.5) is 0 Å². The number of ether oxygens (including phenoxy) is 1. The van der Waals surface area contributed by atoms with Crippen LogP contribution < -0.4 is 10.6 Å². The van der Waals surface area contributed by atoms with Gasteiger partial charge in [0, 0.05) is 38.8 Å². The molecule has 0 aromatic heterocycles. The maximum absolute atomic E-state index is 11.8. The van der Waals surface area contributed by atoms with Gasteiger partial charge >= 0.3 is 0 Å². The molecule has 22 heavy (non-hydrogen) atoms. The molecule has 0 bridgehead atoms. The first-order chi connectivity index (χ1) is 10.3. The predicted octanol–water partition coefficient (Wildman–Crippen LogP) is 3.04. The molecular weight excluding hydrogens is 300 g/mol. The molecule has 1 aliphatic heterocycles. The average molecular weight is 333 g/mol. The normalized spacial score (nSPS) is 20.9. The number of hydrogen-bond donors (Lipinski definition) is 2. The van der Waals surface area contributed by atoms with Crippen LogP contribution in [0.5, 0.6) is 0 Å². The van der Waals surface area contributed by atoms with Crippen LogP contribution in [0.3, 0.4) is 0 Å². The summed E-state index contributed by atoms with van der Waals surface area (Å²) < 4.78 is 5.34. The van der Waals surface area contributed by atoms with E-state index in [1.807, 2.05) is 0 Å². The number of carbonyl (C=O) groups excluding carboxylic acids is 1. The van der Waals surface area contributed by atoms with E-state index in [-0.39, 0.29) is 18.3 Å². The van der Waals surface area contributed by atoms with Gasteiger partial charge in [-0.05, 0) is 38.0 Å². The molecular formula is C17H33ClN2O2. The third kappa shape index (κ3) is 8.35. The number of carbonyl (C=O) groups is 1. The smallest absolute Gasteiger partial charge is 0.220 e. The van der Waals surface area contributed by atoms with Gasteiger partial charge in [-0.2, -0.15) is 0 Å². The summed E-state index contributed by atoms with van der Waals surface area (Å²) in [4.78, 5) is 11.8. The van der Waals surface area contributed by atoms with Crippen LogP contribution >= 0.6 is 12.4 Å². The maximum Gasteiger partial charge on any atom is 0.220 e. The standard InChI is InChI=1S/C17H32N2O2.ClH/c20-17(8-7-15-9-13-21-14-10-15)19-12-11-18-16-5-3-1-2-4-6-16;/h15-16,18H,1-14H2,(H,19,20);1H. The summed E-state index contributed by atoms with van der Waals surface area (Å²) in [5.41, 5.74) is 0. The summed E-state index contributed by atoms with van der Waals surface area (Å²) in [6, 6.07) is 0.673. The van der Waals surface area contributed by atoms with E-state index in [9.17, 15) is 4.79 Å². The second kappa shape index (κ2) is 12.1. The molecule has 0 spiro atoms. The van der Waals surface area contributed by atoms with Crippen molar-refractivity contribution >= 4 is 18.3 Å². The molecule has 0 radical (unpaired) electrons. The minimum absolute atomic E-state index is 0. The fourth-order valence-corrected chi connectivity index (χ4v) is 3.42. The van der Waals surface area contributed by atoms with Crippen molar-refractivity contribution in [1.29, 1.82) is 0 Å².